The quantitative estimate of drug-likeness (QED) is 0.623. The molecule has 29 heavy (non-hydrogen) atoms. The number of hydrogen-bond acceptors (Lipinski definition) is 4. The molecule has 0 spiro atoms. The Morgan fingerprint density at radius 3 is 2.72 bits per heavy atom. The second-order valence-electron chi connectivity index (χ2n) is 6.86. The molecule has 2 amide bonds. The number of nitrogens with zero attached hydrogens (tertiary/aromatic N) is 1. The van der Waals surface area contributed by atoms with Crippen LogP contribution < -0.4 is 10.6 Å². The number of anilines is 1. The van der Waals surface area contributed by atoms with Gasteiger partial charge >= 0.3 is 0 Å². The molecule has 7 heteroatoms. The largest absolute Gasteiger partial charge is 0.376 e. The molecule has 2 N–H and O–H groups in total. The van der Waals surface area contributed by atoms with Gasteiger partial charge in [-0.2, -0.15) is 0 Å². The average Bonchev–Trinajstić information content (AvgIpc) is 3.26. The molecule has 0 bridgehead atoms. The molecular weight excluding hydrogens is 390 g/mol. The van der Waals surface area contributed by atoms with E-state index in [0.717, 1.165) is 30.2 Å². The Labute approximate surface area is 173 Å². The van der Waals surface area contributed by atoms with Crippen LogP contribution in [-0.2, 0) is 4.74 Å². The van der Waals surface area contributed by atoms with E-state index in [9.17, 15) is 9.59 Å². The van der Waals surface area contributed by atoms with E-state index in [1.165, 1.54) is 0 Å². The maximum absolute atomic E-state index is 12.8. The summed E-state index contributed by atoms with van der Waals surface area (Å²) in [5.74, 6) is -0.696. The third-order valence-corrected chi connectivity index (χ3v) is 5.15. The second kappa shape index (κ2) is 8.59. The van der Waals surface area contributed by atoms with Crippen molar-refractivity contribution >= 4 is 39.9 Å². The molecule has 0 radical (unpaired) electrons. The third kappa shape index (κ3) is 4.39. The molecule has 6 nitrogen and oxygen atoms in total. The number of benzene rings is 2. The molecule has 3 aromatic rings. The van der Waals surface area contributed by atoms with Crippen LogP contribution in [0.4, 0.5) is 5.69 Å². The molecule has 0 aliphatic carbocycles. The van der Waals surface area contributed by atoms with E-state index in [2.05, 4.69) is 15.6 Å². The number of halogens is 1. The van der Waals surface area contributed by atoms with E-state index >= 15 is 0 Å². The topological polar surface area (TPSA) is 80.3 Å². The molecule has 1 aliphatic rings. The molecule has 1 fully saturated rings. The van der Waals surface area contributed by atoms with Gasteiger partial charge in [-0.1, -0.05) is 48.0 Å². The van der Waals surface area contributed by atoms with Crippen LogP contribution in [-0.4, -0.2) is 36.1 Å². The summed E-state index contributed by atoms with van der Waals surface area (Å²) < 4.78 is 5.53. The summed E-state index contributed by atoms with van der Waals surface area (Å²) in [6.07, 6.45) is 1.99. The highest BCUT2D eigenvalue weighted by Crippen LogP contribution is 2.23. The Bertz CT molecular complexity index is 1060. The van der Waals surface area contributed by atoms with Crippen LogP contribution in [0.15, 0.2) is 54.6 Å². The zero-order valence-corrected chi connectivity index (χ0v) is 16.4. The van der Waals surface area contributed by atoms with Crippen LogP contribution in [0, 0.1) is 0 Å². The van der Waals surface area contributed by atoms with Crippen molar-refractivity contribution in [3.05, 3.63) is 71.0 Å². The zero-order valence-electron chi connectivity index (χ0n) is 15.7. The van der Waals surface area contributed by atoms with Crippen LogP contribution >= 0.6 is 11.6 Å². The summed E-state index contributed by atoms with van der Waals surface area (Å²) in [5, 5.41) is 7.51. The fourth-order valence-corrected chi connectivity index (χ4v) is 3.62. The van der Waals surface area contributed by atoms with Crippen LogP contribution in [0.2, 0.25) is 5.15 Å². The first-order chi connectivity index (χ1) is 14.1. The molecule has 1 aromatic heterocycles. The van der Waals surface area contributed by atoms with E-state index in [1.54, 1.807) is 30.3 Å². The minimum atomic E-state index is -0.433. The molecule has 0 saturated carbocycles. The number of pyridine rings is 1. The zero-order chi connectivity index (χ0) is 20.2. The van der Waals surface area contributed by atoms with Gasteiger partial charge in [0.05, 0.1) is 17.4 Å². The number of aromatic nitrogens is 1. The number of para-hydroxylation sites is 1. The van der Waals surface area contributed by atoms with Gasteiger partial charge in [-0.05, 0) is 36.4 Å². The maximum Gasteiger partial charge on any atom is 0.274 e. The van der Waals surface area contributed by atoms with Gasteiger partial charge in [0.15, 0.2) is 0 Å². The normalized spacial score (nSPS) is 16.0. The number of ether oxygens (including phenoxy) is 1. The van der Waals surface area contributed by atoms with Crippen LogP contribution in [0.25, 0.3) is 10.8 Å². The molecule has 148 valence electrons. The molecule has 1 unspecified atom stereocenters. The predicted molar refractivity (Wildman–Crippen MR) is 112 cm³/mol. The Balaban J connectivity index is 1.52. The smallest absolute Gasteiger partial charge is 0.274 e. The standard InChI is InChI=1S/C22H20ClN3O3/c23-20-16-8-2-1-6-14(16)12-19(25-20)22(28)26-18-10-4-3-9-17(18)21(27)24-13-15-7-5-11-29-15/h1-4,6,8-10,12,15H,5,7,11,13H2,(H,24,27)(H,26,28). The number of carbonyl (C=O) groups excluding carboxylic acids is 2. The highest BCUT2D eigenvalue weighted by molar-refractivity contribution is 6.34. The van der Waals surface area contributed by atoms with Crippen LogP contribution in [0.3, 0.4) is 0 Å². The number of nitrogens with one attached hydrogen (secondary N) is 2. The minimum absolute atomic E-state index is 0.0460. The lowest BCUT2D eigenvalue weighted by Gasteiger charge is -2.14. The van der Waals surface area contributed by atoms with Crippen molar-refractivity contribution in [2.24, 2.45) is 0 Å². The van der Waals surface area contributed by atoms with Gasteiger partial charge in [0.1, 0.15) is 10.8 Å². The Morgan fingerprint density at radius 1 is 1.10 bits per heavy atom. The second-order valence-corrected chi connectivity index (χ2v) is 7.22. The van der Waals surface area contributed by atoms with Crippen LogP contribution in [0.5, 0.6) is 0 Å². The fourth-order valence-electron chi connectivity index (χ4n) is 3.36. The van der Waals surface area contributed by atoms with Crippen molar-refractivity contribution in [1.82, 2.24) is 10.3 Å². The first-order valence-electron chi connectivity index (χ1n) is 9.47. The lowest BCUT2D eigenvalue weighted by atomic mass is 10.1. The first kappa shape index (κ1) is 19.4. The first-order valence-corrected chi connectivity index (χ1v) is 9.85. The van der Waals surface area contributed by atoms with Gasteiger partial charge in [0, 0.05) is 18.5 Å². The number of rotatable bonds is 5. The summed E-state index contributed by atoms with van der Waals surface area (Å²) in [6.45, 7) is 1.18. The summed E-state index contributed by atoms with van der Waals surface area (Å²) in [6, 6.07) is 16.0. The van der Waals surface area contributed by atoms with Gasteiger partial charge in [-0.25, -0.2) is 4.98 Å². The van der Waals surface area contributed by atoms with Gasteiger partial charge in [-0.3, -0.25) is 9.59 Å². The number of hydrogen-bond donors (Lipinski definition) is 2. The van der Waals surface area contributed by atoms with Crippen molar-refractivity contribution in [3.63, 3.8) is 0 Å². The monoisotopic (exact) mass is 409 g/mol. The highest BCUT2D eigenvalue weighted by atomic mass is 35.5. The maximum atomic E-state index is 12.8. The summed E-state index contributed by atoms with van der Waals surface area (Å²) >= 11 is 6.23. The van der Waals surface area contributed by atoms with Crippen LogP contribution in [0.1, 0.15) is 33.7 Å². The molecule has 2 aromatic carbocycles. The van der Waals surface area contributed by atoms with E-state index in [0.29, 0.717) is 17.8 Å². The van der Waals surface area contributed by atoms with Crippen molar-refractivity contribution in [1.29, 1.82) is 0 Å². The van der Waals surface area contributed by atoms with Gasteiger partial charge in [0.25, 0.3) is 11.8 Å². The van der Waals surface area contributed by atoms with Gasteiger partial charge in [0.2, 0.25) is 0 Å². The predicted octanol–water partition coefficient (Wildman–Crippen LogP) is 4.05. The average molecular weight is 410 g/mol. The van der Waals surface area contributed by atoms with Gasteiger partial charge < -0.3 is 15.4 Å². The highest BCUT2D eigenvalue weighted by Gasteiger charge is 2.19. The fraction of sp³-hybridized carbons (Fsp3) is 0.227. The minimum Gasteiger partial charge on any atom is -0.376 e. The Kier molecular flexibility index (Phi) is 5.74. The van der Waals surface area contributed by atoms with Crippen molar-refractivity contribution in [2.45, 2.75) is 18.9 Å². The van der Waals surface area contributed by atoms with Crippen molar-refractivity contribution in [2.75, 3.05) is 18.5 Å². The summed E-state index contributed by atoms with van der Waals surface area (Å²) in [7, 11) is 0. The molecule has 1 saturated heterocycles. The molecular formula is C22H20ClN3O3. The Morgan fingerprint density at radius 2 is 1.90 bits per heavy atom. The lowest BCUT2D eigenvalue weighted by molar-refractivity contribution is 0.0858. The Hall–Kier alpha value is -2.96. The van der Waals surface area contributed by atoms with Crippen molar-refractivity contribution in [3.8, 4) is 0 Å². The van der Waals surface area contributed by atoms with Crippen molar-refractivity contribution < 1.29 is 14.3 Å². The summed E-state index contributed by atoms with van der Waals surface area (Å²) in [5.41, 5.74) is 0.974. The number of carbonyl (C=O) groups is 2. The molecule has 4 rings (SSSR count). The number of amides is 2. The van der Waals surface area contributed by atoms with Gasteiger partial charge in [-0.15, -0.1) is 0 Å². The number of fused-ring (bicyclic) bond motifs is 1. The molecule has 2 heterocycles. The lowest BCUT2D eigenvalue weighted by Crippen LogP contribution is -2.32. The summed E-state index contributed by atoms with van der Waals surface area (Å²) in [4.78, 5) is 29.6. The SMILES string of the molecule is O=C(Nc1ccccc1C(=O)NCC1CCCO1)c1cc2ccccc2c(Cl)n1. The molecule has 1 aliphatic heterocycles. The molecule has 1 atom stereocenters. The third-order valence-electron chi connectivity index (χ3n) is 4.86. The van der Waals surface area contributed by atoms with E-state index in [4.69, 9.17) is 16.3 Å². The van der Waals surface area contributed by atoms with E-state index in [1.807, 2.05) is 24.3 Å². The van der Waals surface area contributed by atoms with E-state index in [-0.39, 0.29) is 22.9 Å². The van der Waals surface area contributed by atoms with E-state index < -0.39 is 5.91 Å².